The highest BCUT2D eigenvalue weighted by molar-refractivity contribution is 7.99. The Morgan fingerprint density at radius 3 is 2.54 bits per heavy atom. The van der Waals surface area contributed by atoms with Gasteiger partial charge in [0.25, 0.3) is 0 Å². The predicted octanol–water partition coefficient (Wildman–Crippen LogP) is 2.55. The fraction of sp³-hybridized carbons (Fsp3) is 0.167. The van der Waals surface area contributed by atoms with Gasteiger partial charge in [-0.1, -0.05) is 11.8 Å². The topological polar surface area (TPSA) is 104 Å². The number of carbonyl (C=O) groups is 1. The number of amides is 1. The number of ether oxygens (including phenoxy) is 2. The van der Waals surface area contributed by atoms with Gasteiger partial charge in [0.1, 0.15) is 5.82 Å². The highest BCUT2D eigenvalue weighted by Crippen LogP contribution is 2.32. The van der Waals surface area contributed by atoms with Crippen molar-refractivity contribution in [2.75, 3.05) is 31.1 Å². The Bertz CT molecular complexity index is 978. The minimum absolute atomic E-state index is 0.0681. The van der Waals surface area contributed by atoms with Crippen LogP contribution in [0.25, 0.3) is 11.4 Å². The number of anilines is 1. The minimum atomic E-state index is -0.369. The van der Waals surface area contributed by atoms with E-state index >= 15 is 0 Å². The van der Waals surface area contributed by atoms with Crippen LogP contribution in [0.4, 0.5) is 10.1 Å². The molecule has 1 amide bonds. The zero-order valence-electron chi connectivity index (χ0n) is 15.2. The van der Waals surface area contributed by atoms with Crippen molar-refractivity contribution in [2.24, 2.45) is 0 Å². The third-order valence-corrected chi connectivity index (χ3v) is 4.71. The van der Waals surface area contributed by atoms with Crippen LogP contribution < -0.4 is 20.6 Å². The number of aromatic nitrogens is 3. The van der Waals surface area contributed by atoms with Crippen molar-refractivity contribution < 1.29 is 18.7 Å². The monoisotopic (exact) mass is 403 g/mol. The van der Waals surface area contributed by atoms with Crippen molar-refractivity contribution in [1.29, 1.82) is 0 Å². The summed E-state index contributed by atoms with van der Waals surface area (Å²) in [5.74, 6) is 7.05. The van der Waals surface area contributed by atoms with Crippen molar-refractivity contribution in [2.45, 2.75) is 5.16 Å². The zero-order chi connectivity index (χ0) is 20.1. The third-order valence-electron chi connectivity index (χ3n) is 3.77. The number of rotatable bonds is 7. The van der Waals surface area contributed by atoms with Crippen molar-refractivity contribution in [1.82, 2.24) is 14.9 Å². The summed E-state index contributed by atoms with van der Waals surface area (Å²) >= 11 is 1.13. The van der Waals surface area contributed by atoms with Crippen molar-refractivity contribution in [3.63, 3.8) is 0 Å². The second-order valence-corrected chi connectivity index (χ2v) is 6.53. The van der Waals surface area contributed by atoms with Gasteiger partial charge < -0.3 is 20.6 Å². The molecule has 1 aromatic heterocycles. The Hall–Kier alpha value is -3.27. The predicted molar refractivity (Wildman–Crippen MR) is 104 cm³/mol. The molecule has 146 valence electrons. The van der Waals surface area contributed by atoms with Crippen LogP contribution in [0.2, 0.25) is 0 Å². The Morgan fingerprint density at radius 1 is 1.14 bits per heavy atom. The van der Waals surface area contributed by atoms with Gasteiger partial charge in [-0.2, -0.15) is 0 Å². The Morgan fingerprint density at radius 2 is 1.86 bits per heavy atom. The van der Waals surface area contributed by atoms with Gasteiger partial charge in [0, 0.05) is 11.3 Å². The number of nitrogens with two attached hydrogens (primary N) is 1. The number of carbonyl (C=O) groups excluding carboxylic acids is 1. The molecule has 3 rings (SSSR count). The van der Waals surface area contributed by atoms with E-state index in [-0.39, 0.29) is 17.5 Å². The van der Waals surface area contributed by atoms with E-state index in [0.29, 0.717) is 33.7 Å². The molecule has 3 aromatic rings. The maximum Gasteiger partial charge on any atom is 0.234 e. The normalized spacial score (nSPS) is 10.5. The highest BCUT2D eigenvalue weighted by Gasteiger charge is 2.16. The van der Waals surface area contributed by atoms with E-state index in [9.17, 15) is 9.18 Å². The molecule has 3 N–H and O–H groups in total. The largest absolute Gasteiger partial charge is 0.493 e. The molecule has 0 aliphatic rings. The van der Waals surface area contributed by atoms with Gasteiger partial charge in [0.15, 0.2) is 17.3 Å². The summed E-state index contributed by atoms with van der Waals surface area (Å²) in [6, 6.07) is 10.8. The maximum absolute atomic E-state index is 12.9. The first-order valence-corrected chi connectivity index (χ1v) is 9.11. The first-order chi connectivity index (χ1) is 13.5. The molecule has 0 spiro atoms. The number of halogens is 1. The molecule has 0 atom stereocenters. The molecular formula is C18H18FN5O3S. The number of nitrogen functional groups attached to an aromatic ring is 1. The van der Waals surface area contributed by atoms with E-state index in [1.807, 2.05) is 0 Å². The van der Waals surface area contributed by atoms with Crippen molar-refractivity contribution in [3.05, 3.63) is 48.3 Å². The van der Waals surface area contributed by atoms with Gasteiger partial charge in [0.2, 0.25) is 11.1 Å². The van der Waals surface area contributed by atoms with Crippen molar-refractivity contribution in [3.8, 4) is 22.9 Å². The van der Waals surface area contributed by atoms with E-state index in [1.165, 1.54) is 36.1 Å². The van der Waals surface area contributed by atoms with Crippen LogP contribution in [0.5, 0.6) is 11.5 Å². The third kappa shape index (κ3) is 4.34. The van der Waals surface area contributed by atoms with Crippen LogP contribution >= 0.6 is 11.8 Å². The average Bonchev–Trinajstić information content (AvgIpc) is 3.08. The Kier molecular flexibility index (Phi) is 5.99. The molecule has 0 unspecified atom stereocenters. The number of benzene rings is 2. The van der Waals surface area contributed by atoms with Crippen LogP contribution in [-0.4, -0.2) is 40.8 Å². The zero-order valence-corrected chi connectivity index (χ0v) is 16.0. The smallest absolute Gasteiger partial charge is 0.234 e. The number of hydrogen-bond acceptors (Lipinski definition) is 7. The van der Waals surface area contributed by atoms with Crippen LogP contribution in [-0.2, 0) is 4.79 Å². The summed E-state index contributed by atoms with van der Waals surface area (Å²) < 4.78 is 24.7. The summed E-state index contributed by atoms with van der Waals surface area (Å²) in [6.07, 6.45) is 0. The van der Waals surface area contributed by atoms with E-state index < -0.39 is 0 Å². The molecular weight excluding hydrogens is 385 g/mol. The number of nitrogens with zero attached hydrogens (tertiary/aromatic N) is 3. The van der Waals surface area contributed by atoms with Gasteiger partial charge in [-0.3, -0.25) is 4.79 Å². The van der Waals surface area contributed by atoms with Gasteiger partial charge in [-0.05, 0) is 42.5 Å². The van der Waals surface area contributed by atoms with E-state index in [0.717, 1.165) is 11.8 Å². The lowest BCUT2D eigenvalue weighted by molar-refractivity contribution is -0.113. The lowest BCUT2D eigenvalue weighted by Crippen LogP contribution is -2.16. The molecule has 0 radical (unpaired) electrons. The van der Waals surface area contributed by atoms with Gasteiger partial charge in [-0.25, -0.2) is 9.07 Å². The molecule has 0 bridgehead atoms. The van der Waals surface area contributed by atoms with Gasteiger partial charge >= 0.3 is 0 Å². The van der Waals surface area contributed by atoms with Gasteiger partial charge in [0.05, 0.1) is 20.0 Å². The Labute approximate surface area is 164 Å². The summed E-state index contributed by atoms with van der Waals surface area (Å²) in [4.78, 5) is 12.1. The quantitative estimate of drug-likeness (QED) is 0.461. The molecule has 0 saturated heterocycles. The molecule has 8 nitrogen and oxygen atoms in total. The van der Waals surface area contributed by atoms with Crippen LogP contribution in [0.3, 0.4) is 0 Å². The maximum atomic E-state index is 12.9. The van der Waals surface area contributed by atoms with Crippen LogP contribution in [0, 0.1) is 5.82 Å². The second-order valence-electron chi connectivity index (χ2n) is 5.59. The highest BCUT2D eigenvalue weighted by atomic mass is 32.2. The number of thioether (sulfide) groups is 1. The molecule has 0 aliphatic heterocycles. The Balaban J connectivity index is 1.67. The fourth-order valence-corrected chi connectivity index (χ4v) is 3.06. The summed E-state index contributed by atoms with van der Waals surface area (Å²) in [7, 11) is 3.09. The van der Waals surface area contributed by atoms with Crippen LogP contribution in [0.1, 0.15) is 0 Å². The van der Waals surface area contributed by atoms with E-state index in [4.69, 9.17) is 15.3 Å². The molecule has 1 heterocycles. The first-order valence-electron chi connectivity index (χ1n) is 8.13. The number of methoxy groups -OCH3 is 2. The summed E-state index contributed by atoms with van der Waals surface area (Å²) in [5, 5.41) is 11.2. The van der Waals surface area contributed by atoms with Crippen molar-refractivity contribution >= 4 is 23.4 Å². The fourth-order valence-electron chi connectivity index (χ4n) is 2.41. The molecule has 10 heteroatoms. The van der Waals surface area contributed by atoms with E-state index in [1.54, 1.807) is 25.3 Å². The molecule has 2 aromatic carbocycles. The molecule has 28 heavy (non-hydrogen) atoms. The summed E-state index contributed by atoms with van der Waals surface area (Å²) in [5.41, 5.74) is 1.20. The van der Waals surface area contributed by atoms with Crippen LogP contribution in [0.15, 0.2) is 47.6 Å². The number of hydrogen-bond donors (Lipinski definition) is 2. The molecule has 0 saturated carbocycles. The second kappa shape index (κ2) is 8.61. The molecule has 0 aliphatic carbocycles. The molecule has 0 fully saturated rings. The SMILES string of the molecule is COc1ccc(-c2nnc(SCC(=O)Nc3ccc(F)cc3)n2N)cc1OC. The average molecular weight is 403 g/mol. The number of nitrogens with one attached hydrogen (secondary N) is 1. The lowest BCUT2D eigenvalue weighted by atomic mass is 10.2. The van der Waals surface area contributed by atoms with E-state index in [2.05, 4.69) is 15.5 Å². The summed E-state index contributed by atoms with van der Waals surface area (Å²) in [6.45, 7) is 0. The van der Waals surface area contributed by atoms with Gasteiger partial charge in [-0.15, -0.1) is 10.2 Å². The standard InChI is InChI=1S/C18H18FN5O3S/c1-26-14-8-3-11(9-15(14)27-2)17-22-23-18(24(17)20)28-10-16(25)21-13-6-4-12(19)5-7-13/h3-9H,10,20H2,1-2H3,(H,21,25). The lowest BCUT2D eigenvalue weighted by Gasteiger charge is -2.09. The first kappa shape index (κ1) is 19.5. The minimum Gasteiger partial charge on any atom is -0.493 e.